The zero-order chi connectivity index (χ0) is 14.9. The molecule has 0 bridgehead atoms. The summed E-state index contributed by atoms with van der Waals surface area (Å²) in [7, 11) is 1.58. The average molecular weight is 487 g/mol. The summed E-state index contributed by atoms with van der Waals surface area (Å²) < 4.78 is 20.9. The summed E-state index contributed by atoms with van der Waals surface area (Å²) in [5.74, 6) is 0.327. The lowest BCUT2D eigenvalue weighted by molar-refractivity contribution is 0.410. The first-order valence-corrected chi connectivity index (χ1v) is 8.44. The van der Waals surface area contributed by atoms with Crippen LogP contribution in [0.15, 0.2) is 39.3 Å². The Bertz CT molecular complexity index is 649. The van der Waals surface area contributed by atoms with Gasteiger partial charge in [0.1, 0.15) is 11.6 Å². The van der Waals surface area contributed by atoms with Gasteiger partial charge < -0.3 is 4.74 Å². The summed E-state index contributed by atoms with van der Waals surface area (Å²) in [5.41, 5.74) is 1.28. The molecule has 1 nitrogen and oxygen atoms in total. The van der Waals surface area contributed by atoms with Gasteiger partial charge in [-0.2, -0.15) is 0 Å². The van der Waals surface area contributed by atoms with Gasteiger partial charge in [0.05, 0.1) is 17.0 Å². The zero-order valence-corrected chi connectivity index (χ0v) is 15.8. The highest BCUT2D eigenvalue weighted by Gasteiger charge is 2.20. The van der Waals surface area contributed by atoms with Crippen LogP contribution in [0.1, 0.15) is 16.0 Å². The molecule has 2 aromatic carbocycles. The maximum absolute atomic E-state index is 14.1. The van der Waals surface area contributed by atoms with E-state index in [1.54, 1.807) is 13.2 Å². The molecule has 0 aliphatic carbocycles. The van der Waals surface area contributed by atoms with Crippen molar-refractivity contribution in [3.05, 3.63) is 61.2 Å². The Morgan fingerprint density at radius 2 is 1.85 bits per heavy atom. The number of alkyl halides is 1. The summed E-state index contributed by atoms with van der Waals surface area (Å²) in [6, 6.07) is 8.54. The lowest BCUT2D eigenvalue weighted by Gasteiger charge is -2.16. The van der Waals surface area contributed by atoms with E-state index in [9.17, 15) is 4.39 Å². The summed E-state index contributed by atoms with van der Waals surface area (Å²) in [4.78, 5) is -0.351. The quantitative estimate of drug-likeness (QED) is 0.355. The van der Waals surface area contributed by atoms with Crippen molar-refractivity contribution in [2.45, 2.75) is 4.83 Å². The summed E-state index contributed by atoms with van der Waals surface area (Å²) in [6.45, 7) is 0. The van der Waals surface area contributed by atoms with Crippen LogP contribution in [0.4, 0.5) is 4.39 Å². The van der Waals surface area contributed by atoms with Crippen LogP contribution < -0.4 is 4.74 Å². The van der Waals surface area contributed by atoms with Gasteiger partial charge in [-0.05, 0) is 40.2 Å². The zero-order valence-electron chi connectivity index (χ0n) is 10.3. The number of rotatable bonds is 3. The predicted molar refractivity (Wildman–Crippen MR) is 90.6 cm³/mol. The molecule has 0 spiro atoms. The van der Waals surface area contributed by atoms with E-state index in [0.717, 1.165) is 10.0 Å². The van der Waals surface area contributed by atoms with Crippen molar-refractivity contribution in [3.63, 3.8) is 0 Å². The minimum Gasteiger partial charge on any atom is -0.496 e. The molecule has 20 heavy (non-hydrogen) atoms. The number of hydrogen-bond donors (Lipinski definition) is 0. The first kappa shape index (κ1) is 16.3. The summed E-state index contributed by atoms with van der Waals surface area (Å²) >= 11 is 16.1. The van der Waals surface area contributed by atoms with Crippen LogP contribution in [0, 0.1) is 5.82 Å². The lowest BCUT2D eigenvalue weighted by atomic mass is 10.0. The molecule has 0 amide bonds. The number of ether oxygens (including phenoxy) is 1. The van der Waals surface area contributed by atoms with Crippen molar-refractivity contribution >= 4 is 59.4 Å². The smallest absolute Gasteiger partial charge is 0.129 e. The predicted octanol–water partition coefficient (Wildman–Crippen LogP) is 6.50. The molecule has 1 unspecified atom stereocenters. The van der Waals surface area contributed by atoms with Gasteiger partial charge in [-0.15, -0.1) is 0 Å². The highest BCUT2D eigenvalue weighted by molar-refractivity contribution is 9.11. The molecule has 0 aliphatic heterocycles. The van der Waals surface area contributed by atoms with Crippen molar-refractivity contribution < 1.29 is 9.13 Å². The van der Waals surface area contributed by atoms with E-state index >= 15 is 0 Å². The fourth-order valence-corrected chi connectivity index (χ4v) is 3.35. The Kier molecular flexibility index (Phi) is 5.51. The summed E-state index contributed by atoms with van der Waals surface area (Å²) in [5, 5.41) is 0.460. The molecular formula is C14H9Br3ClFO. The largest absolute Gasteiger partial charge is 0.496 e. The van der Waals surface area contributed by atoms with E-state index in [1.165, 1.54) is 6.07 Å². The molecule has 6 heteroatoms. The number of methoxy groups -OCH3 is 1. The van der Waals surface area contributed by atoms with Crippen LogP contribution in [0.3, 0.4) is 0 Å². The normalized spacial score (nSPS) is 12.3. The van der Waals surface area contributed by atoms with E-state index in [-0.39, 0.29) is 10.6 Å². The van der Waals surface area contributed by atoms with Gasteiger partial charge in [0.25, 0.3) is 0 Å². The third-order valence-electron chi connectivity index (χ3n) is 2.78. The second kappa shape index (κ2) is 6.77. The third-order valence-corrected chi connectivity index (χ3v) is 5.46. The Morgan fingerprint density at radius 3 is 2.50 bits per heavy atom. The number of hydrogen-bond acceptors (Lipinski definition) is 1. The number of halogens is 5. The lowest BCUT2D eigenvalue weighted by Crippen LogP contribution is -2.00. The van der Waals surface area contributed by atoms with E-state index in [4.69, 9.17) is 16.3 Å². The van der Waals surface area contributed by atoms with Crippen LogP contribution in [-0.4, -0.2) is 7.11 Å². The van der Waals surface area contributed by atoms with Crippen LogP contribution in [0.2, 0.25) is 5.02 Å². The van der Waals surface area contributed by atoms with E-state index in [2.05, 4.69) is 47.8 Å². The van der Waals surface area contributed by atoms with Crippen LogP contribution in [0.5, 0.6) is 5.75 Å². The van der Waals surface area contributed by atoms with Crippen molar-refractivity contribution in [1.29, 1.82) is 0 Å². The molecule has 0 fully saturated rings. The van der Waals surface area contributed by atoms with Crippen LogP contribution in [0.25, 0.3) is 0 Å². The van der Waals surface area contributed by atoms with Gasteiger partial charge in [-0.25, -0.2) is 4.39 Å². The summed E-state index contributed by atoms with van der Waals surface area (Å²) in [6.07, 6.45) is 0. The van der Waals surface area contributed by atoms with Crippen molar-refractivity contribution in [3.8, 4) is 5.75 Å². The highest BCUT2D eigenvalue weighted by Crippen LogP contribution is 2.40. The Morgan fingerprint density at radius 1 is 1.15 bits per heavy atom. The van der Waals surface area contributed by atoms with E-state index in [1.807, 2.05) is 18.2 Å². The minimum absolute atomic E-state index is 0.340. The van der Waals surface area contributed by atoms with Gasteiger partial charge in [-0.3, -0.25) is 0 Å². The second-order valence-electron chi connectivity index (χ2n) is 4.04. The van der Waals surface area contributed by atoms with Crippen molar-refractivity contribution in [1.82, 2.24) is 0 Å². The Labute approximate surface area is 146 Å². The monoisotopic (exact) mass is 484 g/mol. The average Bonchev–Trinajstić information content (AvgIpc) is 2.42. The van der Waals surface area contributed by atoms with Gasteiger partial charge in [0, 0.05) is 20.1 Å². The molecule has 0 radical (unpaired) electrons. The highest BCUT2D eigenvalue weighted by atomic mass is 79.9. The van der Waals surface area contributed by atoms with Crippen LogP contribution >= 0.6 is 59.4 Å². The molecule has 2 aromatic rings. The second-order valence-corrected chi connectivity index (χ2v) is 7.13. The SMILES string of the molecule is COc1cc(Br)ccc1C(Br)c1cc(Cl)c(Br)cc1F. The Balaban J connectivity index is 2.51. The molecule has 1 atom stereocenters. The molecule has 0 saturated heterocycles. The van der Waals surface area contributed by atoms with E-state index in [0.29, 0.717) is 20.8 Å². The third kappa shape index (κ3) is 3.38. The molecular weight excluding hydrogens is 478 g/mol. The van der Waals surface area contributed by atoms with Gasteiger partial charge in [-0.1, -0.05) is 49.5 Å². The first-order valence-electron chi connectivity index (χ1n) is 5.56. The van der Waals surface area contributed by atoms with Gasteiger partial charge in [0.15, 0.2) is 0 Å². The Hall–Kier alpha value is -0.100. The van der Waals surface area contributed by atoms with Gasteiger partial charge in [0.2, 0.25) is 0 Å². The molecule has 0 heterocycles. The first-order chi connectivity index (χ1) is 9.43. The molecule has 2 rings (SSSR count). The fourth-order valence-electron chi connectivity index (χ4n) is 1.79. The molecule has 0 saturated carbocycles. The topological polar surface area (TPSA) is 9.23 Å². The molecule has 0 N–H and O–H groups in total. The maximum Gasteiger partial charge on any atom is 0.129 e. The van der Waals surface area contributed by atoms with Crippen molar-refractivity contribution in [2.75, 3.05) is 7.11 Å². The minimum atomic E-state index is -0.351. The standard InChI is InChI=1S/C14H9Br3ClFO/c1-20-13-4-7(15)2-3-8(13)14(17)9-5-11(18)10(16)6-12(9)19/h2-6,14H,1H3. The maximum atomic E-state index is 14.1. The van der Waals surface area contributed by atoms with Crippen molar-refractivity contribution in [2.24, 2.45) is 0 Å². The fraction of sp³-hybridized carbons (Fsp3) is 0.143. The van der Waals surface area contributed by atoms with E-state index < -0.39 is 0 Å². The van der Waals surface area contributed by atoms with Crippen LogP contribution in [-0.2, 0) is 0 Å². The number of benzene rings is 2. The molecule has 0 aliphatic rings. The molecule has 106 valence electrons. The van der Waals surface area contributed by atoms with Gasteiger partial charge >= 0.3 is 0 Å². The molecule has 0 aromatic heterocycles.